The predicted molar refractivity (Wildman–Crippen MR) is 113 cm³/mol. The summed E-state index contributed by atoms with van der Waals surface area (Å²) >= 11 is 0.156. The van der Waals surface area contributed by atoms with E-state index in [0.29, 0.717) is 0 Å². The van der Waals surface area contributed by atoms with E-state index in [0.717, 1.165) is 11.3 Å². The molecular formula is C24H21NSe. The summed E-state index contributed by atoms with van der Waals surface area (Å²) in [6.07, 6.45) is 0. The molecule has 128 valence electrons. The molecule has 1 atom stereocenters. The molecule has 0 saturated heterocycles. The fraction of sp³-hybridized carbons (Fsp3) is 0.125. The maximum atomic E-state index is 5.09. The number of para-hydroxylation sites is 1. The Morgan fingerprint density at radius 1 is 0.846 bits per heavy atom. The molecule has 3 rings (SSSR count). The van der Waals surface area contributed by atoms with Gasteiger partial charge in [-0.1, -0.05) is 0 Å². The molecule has 3 aromatic rings. The van der Waals surface area contributed by atoms with Crippen molar-refractivity contribution >= 4 is 29.7 Å². The van der Waals surface area contributed by atoms with Gasteiger partial charge in [-0.25, -0.2) is 0 Å². The van der Waals surface area contributed by atoms with Crippen LogP contribution in [0.2, 0.25) is 0 Å². The second-order valence-electron chi connectivity index (χ2n) is 5.89. The van der Waals surface area contributed by atoms with E-state index in [-0.39, 0.29) is 20.9 Å². The van der Waals surface area contributed by atoms with Gasteiger partial charge in [-0.05, 0) is 0 Å². The fourth-order valence-corrected chi connectivity index (χ4v) is 4.71. The monoisotopic (exact) mass is 403 g/mol. The van der Waals surface area contributed by atoms with Crippen LogP contribution >= 0.6 is 0 Å². The van der Waals surface area contributed by atoms with Crippen LogP contribution in [0.25, 0.3) is 0 Å². The summed E-state index contributed by atoms with van der Waals surface area (Å²) in [6, 6.07) is 29.4. The van der Waals surface area contributed by atoms with E-state index in [1.54, 1.807) is 0 Å². The van der Waals surface area contributed by atoms with Crippen molar-refractivity contribution in [3.63, 3.8) is 0 Å². The minimum absolute atomic E-state index is 0.156. The molecule has 1 unspecified atom stereocenters. The molecule has 0 aliphatic carbocycles. The Hall–Kier alpha value is -2.59. The summed E-state index contributed by atoms with van der Waals surface area (Å²) in [5, 5.41) is 0. The van der Waals surface area contributed by atoms with Gasteiger partial charge in [0, 0.05) is 0 Å². The van der Waals surface area contributed by atoms with Crippen molar-refractivity contribution in [3.05, 3.63) is 96.1 Å². The van der Waals surface area contributed by atoms with Crippen molar-refractivity contribution in [2.24, 2.45) is 4.99 Å². The Morgan fingerprint density at radius 2 is 1.46 bits per heavy atom. The van der Waals surface area contributed by atoms with Gasteiger partial charge in [0.25, 0.3) is 0 Å². The molecule has 26 heavy (non-hydrogen) atoms. The molecule has 0 aromatic heterocycles. The first-order chi connectivity index (χ1) is 12.8. The van der Waals surface area contributed by atoms with E-state index in [1.165, 1.54) is 14.6 Å². The molecule has 1 nitrogen and oxygen atoms in total. The molecule has 2 heteroatoms. The van der Waals surface area contributed by atoms with Crippen molar-refractivity contribution < 1.29 is 0 Å². The van der Waals surface area contributed by atoms with E-state index in [1.807, 2.05) is 25.1 Å². The molecule has 0 aliphatic rings. The number of hydrogen-bond donors (Lipinski definition) is 0. The van der Waals surface area contributed by atoms with Crippen LogP contribution in [0.5, 0.6) is 0 Å². The van der Waals surface area contributed by atoms with Gasteiger partial charge in [-0.15, -0.1) is 0 Å². The third-order valence-corrected chi connectivity index (χ3v) is 6.47. The van der Waals surface area contributed by atoms with Gasteiger partial charge >= 0.3 is 162 Å². The van der Waals surface area contributed by atoms with Crippen LogP contribution in [0.1, 0.15) is 30.9 Å². The number of hydrogen-bond acceptors (Lipinski definition) is 1. The van der Waals surface area contributed by atoms with Gasteiger partial charge in [-0.3, -0.25) is 0 Å². The first-order valence-corrected chi connectivity index (χ1v) is 10.4. The van der Waals surface area contributed by atoms with Crippen molar-refractivity contribution in [1.82, 2.24) is 0 Å². The minimum atomic E-state index is 0.156. The van der Waals surface area contributed by atoms with Gasteiger partial charge in [-0.2, -0.15) is 0 Å². The molecule has 0 heterocycles. The molecule has 0 amide bonds. The van der Waals surface area contributed by atoms with Crippen molar-refractivity contribution in [2.45, 2.75) is 19.8 Å². The SMILES string of the molecule is CC#Cc1ccccc1N=C([Se]c1ccccc1)C(C)c1ccccc1. The third kappa shape index (κ3) is 4.73. The average Bonchev–Trinajstić information content (AvgIpc) is 2.70. The van der Waals surface area contributed by atoms with Crippen molar-refractivity contribution in [2.75, 3.05) is 0 Å². The molecule has 0 aliphatic heterocycles. The molecule has 0 radical (unpaired) electrons. The van der Waals surface area contributed by atoms with Gasteiger partial charge in [0.05, 0.1) is 0 Å². The van der Waals surface area contributed by atoms with Crippen LogP contribution in [0, 0.1) is 11.8 Å². The molecule has 0 spiro atoms. The Labute approximate surface area is 162 Å². The summed E-state index contributed by atoms with van der Waals surface area (Å²) < 4.78 is 2.54. The molecule has 3 aromatic carbocycles. The number of aliphatic imine (C=N–C) groups is 1. The van der Waals surface area contributed by atoms with Crippen LogP contribution in [0.4, 0.5) is 5.69 Å². The van der Waals surface area contributed by atoms with Gasteiger partial charge < -0.3 is 0 Å². The van der Waals surface area contributed by atoms with Crippen LogP contribution < -0.4 is 4.46 Å². The molecule has 0 saturated carbocycles. The fourth-order valence-electron chi connectivity index (χ4n) is 2.63. The normalized spacial score (nSPS) is 12.2. The first kappa shape index (κ1) is 18.2. The van der Waals surface area contributed by atoms with Crippen LogP contribution in [-0.2, 0) is 0 Å². The quantitative estimate of drug-likeness (QED) is 0.326. The standard InChI is InChI=1S/C24H21NSe/c1-3-12-21-15-10-11-18-23(21)25-24(26-22-16-8-5-9-17-22)19(2)20-13-6-4-7-14-20/h4-11,13-19H,1-2H3. The van der Waals surface area contributed by atoms with Gasteiger partial charge in [0.2, 0.25) is 0 Å². The number of benzene rings is 3. The van der Waals surface area contributed by atoms with Crippen molar-refractivity contribution in [1.29, 1.82) is 0 Å². The third-order valence-electron chi connectivity index (χ3n) is 4.03. The second-order valence-corrected chi connectivity index (χ2v) is 8.18. The van der Waals surface area contributed by atoms with Crippen molar-refractivity contribution in [3.8, 4) is 11.8 Å². The number of nitrogens with zero attached hydrogens (tertiary/aromatic N) is 1. The van der Waals surface area contributed by atoms with Gasteiger partial charge in [0.15, 0.2) is 0 Å². The van der Waals surface area contributed by atoms with E-state index in [4.69, 9.17) is 4.99 Å². The maximum absolute atomic E-state index is 5.09. The molecule has 0 fully saturated rings. The zero-order chi connectivity index (χ0) is 18.2. The summed E-state index contributed by atoms with van der Waals surface area (Å²) in [5.74, 6) is 6.43. The summed E-state index contributed by atoms with van der Waals surface area (Å²) in [7, 11) is 0. The summed E-state index contributed by atoms with van der Waals surface area (Å²) in [6.45, 7) is 4.11. The Bertz CT molecular complexity index is 934. The van der Waals surface area contributed by atoms with E-state index >= 15 is 0 Å². The Morgan fingerprint density at radius 3 is 2.15 bits per heavy atom. The summed E-state index contributed by atoms with van der Waals surface area (Å²) in [5.41, 5.74) is 3.23. The van der Waals surface area contributed by atoms with Gasteiger partial charge in [0.1, 0.15) is 0 Å². The Balaban J connectivity index is 2.04. The molecular weight excluding hydrogens is 381 g/mol. The summed E-state index contributed by atoms with van der Waals surface area (Å²) in [4.78, 5) is 5.09. The van der Waals surface area contributed by atoms with E-state index in [2.05, 4.69) is 85.5 Å². The molecule has 0 N–H and O–H groups in total. The van der Waals surface area contributed by atoms with E-state index in [9.17, 15) is 0 Å². The zero-order valence-corrected chi connectivity index (χ0v) is 16.7. The predicted octanol–water partition coefficient (Wildman–Crippen LogP) is 4.92. The molecule has 0 bridgehead atoms. The second kappa shape index (κ2) is 9.20. The van der Waals surface area contributed by atoms with E-state index < -0.39 is 0 Å². The Kier molecular flexibility index (Phi) is 6.44. The van der Waals surface area contributed by atoms with Crippen LogP contribution in [0.3, 0.4) is 0 Å². The zero-order valence-electron chi connectivity index (χ0n) is 15.0. The average molecular weight is 402 g/mol. The first-order valence-electron chi connectivity index (χ1n) is 8.66. The topological polar surface area (TPSA) is 12.4 Å². The van der Waals surface area contributed by atoms with Crippen LogP contribution in [0.15, 0.2) is 89.9 Å². The van der Waals surface area contributed by atoms with Crippen LogP contribution in [-0.4, -0.2) is 19.6 Å². The number of rotatable bonds is 5.